The van der Waals surface area contributed by atoms with Gasteiger partial charge in [0.25, 0.3) is 0 Å². The third-order valence-electron chi connectivity index (χ3n) is 4.74. The van der Waals surface area contributed by atoms with E-state index in [9.17, 15) is 4.79 Å². The van der Waals surface area contributed by atoms with Crippen molar-refractivity contribution in [3.63, 3.8) is 0 Å². The van der Waals surface area contributed by atoms with Crippen molar-refractivity contribution in [2.75, 3.05) is 13.1 Å². The zero-order valence-corrected chi connectivity index (χ0v) is 14.1. The summed E-state index contributed by atoms with van der Waals surface area (Å²) >= 11 is 0. The number of imidazole rings is 1. The molecule has 1 aliphatic rings. The van der Waals surface area contributed by atoms with Gasteiger partial charge in [0.2, 0.25) is 5.91 Å². The van der Waals surface area contributed by atoms with Crippen molar-refractivity contribution in [2.24, 2.45) is 5.92 Å². The van der Waals surface area contributed by atoms with E-state index in [4.69, 9.17) is 0 Å². The summed E-state index contributed by atoms with van der Waals surface area (Å²) in [6.07, 6.45) is 9.58. The number of carbonyl (C=O) groups is 1. The lowest BCUT2D eigenvalue weighted by Crippen LogP contribution is -2.29. The van der Waals surface area contributed by atoms with E-state index in [0.29, 0.717) is 18.9 Å². The molecule has 5 nitrogen and oxygen atoms in total. The Morgan fingerprint density at radius 3 is 2.79 bits per heavy atom. The van der Waals surface area contributed by atoms with Crippen molar-refractivity contribution in [3.8, 4) is 0 Å². The Kier molecular flexibility index (Phi) is 6.01. The minimum atomic E-state index is 0.158. The molecule has 1 aliphatic heterocycles. The second-order valence-corrected chi connectivity index (χ2v) is 6.51. The quantitative estimate of drug-likeness (QED) is 0.821. The second-order valence-electron chi connectivity index (χ2n) is 6.51. The fourth-order valence-corrected chi connectivity index (χ4v) is 3.25. The molecule has 5 heteroatoms. The van der Waals surface area contributed by atoms with Crippen LogP contribution in [0, 0.1) is 5.92 Å². The Bertz CT molecular complexity index is 633. The van der Waals surface area contributed by atoms with E-state index in [0.717, 1.165) is 26.1 Å². The van der Waals surface area contributed by atoms with Crippen LogP contribution in [0.1, 0.15) is 36.8 Å². The van der Waals surface area contributed by atoms with Gasteiger partial charge in [-0.3, -0.25) is 4.79 Å². The van der Waals surface area contributed by atoms with Gasteiger partial charge in [-0.25, -0.2) is 4.98 Å². The number of piperidine rings is 1. The highest BCUT2D eigenvalue weighted by atomic mass is 16.1. The van der Waals surface area contributed by atoms with E-state index in [1.807, 2.05) is 29.2 Å². The van der Waals surface area contributed by atoms with E-state index in [2.05, 4.69) is 27.8 Å². The average Bonchev–Trinajstić information content (AvgIpc) is 3.13. The Hall–Kier alpha value is -2.14. The number of aromatic nitrogens is 2. The number of hydrogen-bond donors (Lipinski definition) is 2. The predicted octanol–water partition coefficient (Wildman–Crippen LogP) is 2.33. The summed E-state index contributed by atoms with van der Waals surface area (Å²) < 4.78 is 2.04. The van der Waals surface area contributed by atoms with Gasteiger partial charge in [0.1, 0.15) is 0 Å². The van der Waals surface area contributed by atoms with Gasteiger partial charge in [-0.1, -0.05) is 24.3 Å². The van der Waals surface area contributed by atoms with Gasteiger partial charge >= 0.3 is 0 Å². The smallest absolute Gasteiger partial charge is 0.220 e. The largest absolute Gasteiger partial charge is 0.352 e. The molecular weight excluding hydrogens is 300 g/mol. The molecule has 0 unspecified atom stereocenters. The molecule has 1 aromatic heterocycles. The minimum Gasteiger partial charge on any atom is -0.352 e. The van der Waals surface area contributed by atoms with E-state index in [1.54, 1.807) is 6.20 Å². The molecule has 128 valence electrons. The lowest BCUT2D eigenvalue weighted by molar-refractivity contribution is -0.121. The Balaban J connectivity index is 1.48. The molecule has 1 saturated heterocycles. The Labute approximate surface area is 143 Å². The molecule has 2 N–H and O–H groups in total. The van der Waals surface area contributed by atoms with E-state index >= 15 is 0 Å². The molecule has 1 amide bonds. The van der Waals surface area contributed by atoms with E-state index in [-0.39, 0.29) is 5.91 Å². The van der Waals surface area contributed by atoms with Gasteiger partial charge in [0, 0.05) is 31.9 Å². The summed E-state index contributed by atoms with van der Waals surface area (Å²) in [6, 6.07) is 8.25. The van der Waals surface area contributed by atoms with Crippen LogP contribution in [0.25, 0.3) is 0 Å². The number of rotatable bonds is 7. The third-order valence-corrected chi connectivity index (χ3v) is 4.74. The van der Waals surface area contributed by atoms with Crippen LogP contribution >= 0.6 is 0 Å². The number of benzene rings is 1. The zero-order chi connectivity index (χ0) is 16.6. The molecule has 0 spiro atoms. The minimum absolute atomic E-state index is 0.158. The van der Waals surface area contributed by atoms with Gasteiger partial charge in [0.05, 0.1) is 6.33 Å². The molecular formula is C19H26N4O. The molecule has 1 aromatic carbocycles. The highest BCUT2D eigenvalue weighted by Gasteiger charge is 2.14. The highest BCUT2D eigenvalue weighted by Crippen LogP contribution is 2.17. The van der Waals surface area contributed by atoms with Crippen LogP contribution in [-0.2, 0) is 17.9 Å². The summed E-state index contributed by atoms with van der Waals surface area (Å²) in [4.78, 5) is 16.2. The molecule has 24 heavy (non-hydrogen) atoms. The number of amides is 1. The number of nitrogens with zero attached hydrogens (tertiary/aromatic N) is 2. The zero-order valence-electron chi connectivity index (χ0n) is 14.1. The van der Waals surface area contributed by atoms with Crippen molar-refractivity contribution in [1.29, 1.82) is 0 Å². The van der Waals surface area contributed by atoms with Crippen molar-refractivity contribution in [1.82, 2.24) is 20.2 Å². The van der Waals surface area contributed by atoms with Crippen LogP contribution in [-0.4, -0.2) is 28.5 Å². The monoisotopic (exact) mass is 326 g/mol. The molecule has 0 bridgehead atoms. The van der Waals surface area contributed by atoms with Crippen LogP contribution < -0.4 is 10.6 Å². The molecule has 2 aromatic rings. The molecule has 0 saturated carbocycles. The van der Waals surface area contributed by atoms with Crippen LogP contribution in [0.3, 0.4) is 0 Å². The maximum atomic E-state index is 12.1. The maximum Gasteiger partial charge on any atom is 0.220 e. The first-order valence-corrected chi connectivity index (χ1v) is 8.81. The normalized spacial score (nSPS) is 15.3. The predicted molar refractivity (Wildman–Crippen MR) is 94.4 cm³/mol. The van der Waals surface area contributed by atoms with Crippen LogP contribution in [0.4, 0.5) is 0 Å². The fraction of sp³-hybridized carbons (Fsp3) is 0.474. The summed E-state index contributed by atoms with van der Waals surface area (Å²) in [7, 11) is 0. The summed E-state index contributed by atoms with van der Waals surface area (Å²) in [6.45, 7) is 3.55. The highest BCUT2D eigenvalue weighted by molar-refractivity contribution is 5.75. The SMILES string of the molecule is O=C(CCC1CCNCC1)NCc1ccccc1Cn1ccnc1. The second kappa shape index (κ2) is 8.64. The fourth-order valence-electron chi connectivity index (χ4n) is 3.25. The van der Waals surface area contributed by atoms with Crippen LogP contribution in [0.15, 0.2) is 43.0 Å². The lowest BCUT2D eigenvalue weighted by atomic mass is 9.93. The van der Waals surface area contributed by atoms with Crippen molar-refractivity contribution < 1.29 is 4.79 Å². The standard InChI is InChI=1S/C19H26N4O/c24-19(6-5-16-7-9-20-10-8-16)22-13-17-3-1-2-4-18(17)14-23-12-11-21-15-23/h1-4,11-12,15-16,20H,5-10,13-14H2,(H,22,24). The lowest BCUT2D eigenvalue weighted by Gasteiger charge is -2.22. The first-order valence-electron chi connectivity index (χ1n) is 8.81. The number of nitrogens with one attached hydrogen (secondary N) is 2. The number of carbonyl (C=O) groups excluding carboxylic acids is 1. The summed E-state index contributed by atoms with van der Waals surface area (Å²) in [5.41, 5.74) is 2.38. The van der Waals surface area contributed by atoms with Gasteiger partial charge in [0.15, 0.2) is 0 Å². The molecule has 2 heterocycles. The van der Waals surface area contributed by atoms with E-state index in [1.165, 1.54) is 24.0 Å². The van der Waals surface area contributed by atoms with Crippen molar-refractivity contribution in [3.05, 3.63) is 54.1 Å². The Morgan fingerprint density at radius 1 is 1.25 bits per heavy atom. The first kappa shape index (κ1) is 16.7. The first-order chi connectivity index (χ1) is 11.8. The summed E-state index contributed by atoms with van der Waals surface area (Å²) in [5, 5.41) is 6.45. The molecule has 0 atom stereocenters. The van der Waals surface area contributed by atoms with Crippen LogP contribution in [0.5, 0.6) is 0 Å². The van der Waals surface area contributed by atoms with Gasteiger partial charge in [-0.2, -0.15) is 0 Å². The molecule has 3 rings (SSSR count). The van der Waals surface area contributed by atoms with Gasteiger partial charge < -0.3 is 15.2 Å². The topological polar surface area (TPSA) is 59.0 Å². The van der Waals surface area contributed by atoms with Crippen molar-refractivity contribution in [2.45, 2.75) is 38.8 Å². The molecule has 0 aliphatic carbocycles. The van der Waals surface area contributed by atoms with Crippen LogP contribution in [0.2, 0.25) is 0 Å². The Morgan fingerprint density at radius 2 is 2.04 bits per heavy atom. The van der Waals surface area contributed by atoms with E-state index < -0.39 is 0 Å². The maximum absolute atomic E-state index is 12.1. The summed E-state index contributed by atoms with van der Waals surface area (Å²) in [5.74, 6) is 0.858. The number of hydrogen-bond acceptors (Lipinski definition) is 3. The molecule has 0 radical (unpaired) electrons. The van der Waals surface area contributed by atoms with Gasteiger partial charge in [-0.05, 0) is 49.4 Å². The van der Waals surface area contributed by atoms with Gasteiger partial charge in [-0.15, -0.1) is 0 Å². The average molecular weight is 326 g/mol. The molecule has 1 fully saturated rings. The third kappa shape index (κ3) is 4.93. The van der Waals surface area contributed by atoms with Crippen molar-refractivity contribution >= 4 is 5.91 Å².